The van der Waals surface area contributed by atoms with Gasteiger partial charge in [-0.3, -0.25) is 0 Å². The Labute approximate surface area is 224 Å². The van der Waals surface area contributed by atoms with E-state index in [9.17, 15) is 0 Å². The third-order valence-corrected chi connectivity index (χ3v) is 8.66. The van der Waals surface area contributed by atoms with Crippen molar-refractivity contribution in [2.24, 2.45) is 11.8 Å². The molecule has 0 atom stereocenters. The van der Waals surface area contributed by atoms with Crippen molar-refractivity contribution in [2.75, 3.05) is 0 Å². The summed E-state index contributed by atoms with van der Waals surface area (Å²) in [6, 6.07) is 23.0. The smallest absolute Gasteiger partial charge is 0.0623 e. The highest BCUT2D eigenvalue weighted by atomic mass is 14.3. The fourth-order valence-corrected chi connectivity index (χ4v) is 6.47. The molecule has 6 rings (SSSR count). The summed E-state index contributed by atoms with van der Waals surface area (Å²) in [5.41, 5.74) is 1.55. The van der Waals surface area contributed by atoms with Crippen molar-refractivity contribution < 1.29 is 0 Å². The van der Waals surface area contributed by atoms with Gasteiger partial charge in [0.25, 0.3) is 0 Å². The summed E-state index contributed by atoms with van der Waals surface area (Å²) in [7, 11) is 0. The molecule has 0 N–H and O–H groups in total. The summed E-state index contributed by atoms with van der Waals surface area (Å²) in [6.45, 7) is 0. The van der Waals surface area contributed by atoms with Crippen LogP contribution in [0.3, 0.4) is 0 Å². The van der Waals surface area contributed by atoms with E-state index in [1.54, 1.807) is 18.4 Å². The number of hydrogen-bond donors (Lipinski definition) is 0. The zero-order chi connectivity index (χ0) is 24.9. The fourth-order valence-electron chi connectivity index (χ4n) is 6.47. The van der Waals surface area contributed by atoms with E-state index in [4.69, 9.17) is 0 Å². The van der Waals surface area contributed by atoms with Gasteiger partial charge in [0.15, 0.2) is 0 Å². The number of rotatable bonds is 2. The van der Waals surface area contributed by atoms with Crippen molar-refractivity contribution in [2.45, 2.75) is 128 Å². The van der Waals surface area contributed by atoms with Crippen LogP contribution in [0.25, 0.3) is 0 Å². The van der Waals surface area contributed by atoms with Gasteiger partial charge in [-0.1, -0.05) is 118 Å². The normalized spacial score (nSPS) is 21.0. The summed E-state index contributed by atoms with van der Waals surface area (Å²) in [4.78, 5) is 0. The van der Waals surface area contributed by atoms with E-state index in [2.05, 4.69) is 43.2 Å². The highest BCUT2D eigenvalue weighted by Crippen LogP contribution is 2.37. The minimum absolute atomic E-state index is 0.861. The lowest BCUT2D eigenvalue weighted by Crippen LogP contribution is -2.20. The molecule has 0 aromatic heterocycles. The van der Waals surface area contributed by atoms with Crippen molar-refractivity contribution in [1.82, 2.24) is 0 Å². The lowest BCUT2D eigenvalue weighted by Gasteiger charge is -2.30. The highest BCUT2D eigenvalue weighted by Gasteiger charge is 2.27. The molecule has 0 amide bonds. The van der Waals surface area contributed by atoms with E-state index in [1.807, 2.05) is 36.4 Å². The lowest BCUT2D eigenvalue weighted by atomic mass is 9.73. The molecule has 0 heteroatoms. The maximum atomic E-state index is 2.49. The predicted molar refractivity (Wildman–Crippen MR) is 159 cm³/mol. The van der Waals surface area contributed by atoms with E-state index < -0.39 is 0 Å². The summed E-state index contributed by atoms with van der Waals surface area (Å²) in [5, 5.41) is 0. The van der Waals surface area contributed by atoms with Crippen LogP contribution in [0.2, 0.25) is 0 Å². The Balaban J connectivity index is 0.000000141. The zero-order valence-electron chi connectivity index (χ0n) is 23.2. The van der Waals surface area contributed by atoms with Gasteiger partial charge in [-0.25, -0.2) is 0 Å². The molecule has 0 heterocycles. The highest BCUT2D eigenvalue weighted by molar-refractivity contribution is 5.19. The first-order valence-corrected chi connectivity index (χ1v) is 15.6. The molecule has 2 aromatic carbocycles. The van der Waals surface area contributed by atoms with Crippen LogP contribution in [0.15, 0.2) is 66.7 Å². The summed E-state index contributed by atoms with van der Waals surface area (Å²) in [6.07, 6.45) is 32.6. The number of benzene rings is 2. The van der Waals surface area contributed by atoms with Crippen molar-refractivity contribution in [1.29, 1.82) is 0 Å². The molecule has 0 radical (unpaired) electrons. The van der Waals surface area contributed by atoms with Gasteiger partial charge >= 0.3 is 0 Å². The molecule has 4 aliphatic rings. The van der Waals surface area contributed by atoms with E-state index in [0.29, 0.717) is 0 Å². The van der Waals surface area contributed by atoms with Crippen LogP contribution in [0.5, 0.6) is 0 Å². The van der Waals surface area contributed by atoms with Gasteiger partial charge in [0, 0.05) is 0 Å². The van der Waals surface area contributed by atoms with E-state index >= 15 is 0 Å². The topological polar surface area (TPSA) is 0 Å². The first-order valence-electron chi connectivity index (χ1n) is 15.6. The average Bonchev–Trinajstić information content (AvgIpc) is 3.02. The Bertz CT molecular complexity index is 644. The Morgan fingerprint density at radius 3 is 1.28 bits per heavy atom. The molecule has 196 valence electrons. The quantitative estimate of drug-likeness (QED) is 0.370. The van der Waals surface area contributed by atoms with Crippen LogP contribution in [-0.4, -0.2) is 0 Å². The Morgan fingerprint density at radius 2 is 0.806 bits per heavy atom. The fraction of sp³-hybridized carbons (Fsp3) is 0.611. The van der Waals surface area contributed by atoms with Crippen molar-refractivity contribution in [3.63, 3.8) is 0 Å². The van der Waals surface area contributed by atoms with E-state index in [-0.39, 0.29) is 0 Å². The monoisotopic (exact) mass is 486 g/mol. The maximum absolute atomic E-state index is 2.49. The van der Waals surface area contributed by atoms with Crippen LogP contribution in [-0.2, 0) is 0 Å². The summed E-state index contributed by atoms with van der Waals surface area (Å²) < 4.78 is 0. The van der Waals surface area contributed by atoms with Gasteiger partial charge in [0.1, 0.15) is 0 Å². The van der Waals surface area contributed by atoms with E-state index in [0.717, 1.165) is 17.8 Å². The van der Waals surface area contributed by atoms with Gasteiger partial charge in [0.05, 0.1) is 38.5 Å². The molecule has 0 saturated heterocycles. The van der Waals surface area contributed by atoms with E-state index in [1.165, 1.54) is 109 Å². The van der Waals surface area contributed by atoms with Crippen molar-refractivity contribution in [3.05, 3.63) is 85.1 Å². The second-order valence-corrected chi connectivity index (χ2v) is 11.4. The minimum Gasteiger partial charge on any atom is -0.0623 e. The Hall–Kier alpha value is -1.82. The molecule has 36 heavy (non-hydrogen) atoms. The van der Waals surface area contributed by atoms with Crippen LogP contribution >= 0.6 is 0 Å². The number of hydrogen-bond acceptors (Lipinski definition) is 0. The van der Waals surface area contributed by atoms with Crippen molar-refractivity contribution in [3.8, 4) is 0 Å². The van der Waals surface area contributed by atoms with Gasteiger partial charge in [-0.2, -0.15) is 0 Å². The first kappa shape index (κ1) is 28.7. The van der Waals surface area contributed by atoms with Crippen LogP contribution in [0.4, 0.5) is 0 Å². The third-order valence-electron chi connectivity index (χ3n) is 8.66. The molecule has 4 fully saturated rings. The third kappa shape index (κ3) is 12.4. The largest absolute Gasteiger partial charge is 0.0878 e. The van der Waals surface area contributed by atoms with Gasteiger partial charge in [0.2, 0.25) is 0 Å². The average molecular weight is 487 g/mol. The lowest BCUT2D eigenvalue weighted by molar-refractivity contribution is 0.210. The van der Waals surface area contributed by atoms with Crippen molar-refractivity contribution >= 4 is 0 Å². The first-order chi connectivity index (χ1) is 17.9. The Kier molecular flexibility index (Phi) is 15.4. The van der Waals surface area contributed by atoms with Gasteiger partial charge in [-0.05, 0) is 68.3 Å². The second kappa shape index (κ2) is 19.3. The molecule has 4 aliphatic carbocycles. The summed E-state index contributed by atoms with van der Waals surface area (Å²) in [5.74, 6) is 3.09. The molecule has 0 nitrogen and oxygen atoms in total. The summed E-state index contributed by atoms with van der Waals surface area (Å²) >= 11 is 0. The molecule has 0 spiro atoms. The zero-order valence-corrected chi connectivity index (χ0v) is 23.2. The van der Waals surface area contributed by atoms with Gasteiger partial charge in [-0.15, -0.1) is 0 Å². The molecular weight excluding hydrogens is 432 g/mol. The maximum Gasteiger partial charge on any atom is 0.0878 e. The molecule has 2 aromatic rings. The Morgan fingerprint density at radius 1 is 0.389 bits per heavy atom. The molecule has 0 unspecified atom stereocenters. The van der Waals surface area contributed by atoms with Gasteiger partial charge < -0.3 is 0 Å². The molecule has 4 saturated carbocycles. The SMILES string of the molecule is [CH+]1CCC(C2CCCCC2)CC1.[CH+]1CCCCC1.c1ccc(C2CCCCC2)cc1.c1ccccc1. The standard InChI is InChI=1S/C12H21.C12H16.C6H11.C6H6/c2*1-3-7-11(8-4-1)12-9-5-2-6-10-12;2*1-2-4-6-5-3-1/h1,11-12H,2-10H2;1,3-4,7-8,12H,2,5-6,9-10H2;1H,2-6H2;1-6H/q+1;;+1;. The molecule has 0 bridgehead atoms. The van der Waals surface area contributed by atoms with Crippen LogP contribution < -0.4 is 0 Å². The minimum atomic E-state index is 0.861. The molecule has 0 aliphatic heterocycles. The van der Waals surface area contributed by atoms with Crippen LogP contribution in [0, 0.1) is 24.7 Å². The van der Waals surface area contributed by atoms with Crippen LogP contribution in [0.1, 0.15) is 133 Å². The molecular formula is C36H54+2. The predicted octanol–water partition coefficient (Wildman–Crippen LogP) is 11.5. The second-order valence-electron chi connectivity index (χ2n) is 11.4.